The number of hydrogen-bond donors (Lipinski definition) is 1. The van der Waals surface area contributed by atoms with Gasteiger partial charge in [0.25, 0.3) is 0 Å². The van der Waals surface area contributed by atoms with Crippen molar-refractivity contribution in [3.05, 3.63) is 10.6 Å². The highest BCUT2D eigenvalue weighted by atomic mass is 32.1. The highest BCUT2D eigenvalue weighted by molar-refractivity contribution is 7.16. The molecule has 0 saturated carbocycles. The molecule has 1 amide bonds. The number of aromatic nitrogens is 1. The molecule has 0 aliphatic heterocycles. The molecule has 1 aromatic rings. The predicted octanol–water partition coefficient (Wildman–Crippen LogP) is 3.92. The third kappa shape index (κ3) is 4.34. The van der Waals surface area contributed by atoms with E-state index in [9.17, 15) is 4.79 Å². The summed E-state index contributed by atoms with van der Waals surface area (Å²) in [6.07, 6.45) is -0.457. The zero-order chi connectivity index (χ0) is 13.2. The summed E-state index contributed by atoms with van der Waals surface area (Å²) >= 11 is 1.50. The minimum absolute atomic E-state index is 0.418. The summed E-state index contributed by atoms with van der Waals surface area (Å²) in [6.45, 7) is 11.7. The van der Waals surface area contributed by atoms with E-state index in [1.807, 2.05) is 27.7 Å². The number of amides is 1. The molecule has 1 aromatic heterocycles. The van der Waals surface area contributed by atoms with Gasteiger partial charge in [0.1, 0.15) is 5.60 Å². The quantitative estimate of drug-likeness (QED) is 0.872. The zero-order valence-corrected chi connectivity index (χ0v) is 12.1. The van der Waals surface area contributed by atoms with Crippen molar-refractivity contribution < 1.29 is 9.53 Å². The van der Waals surface area contributed by atoms with Crippen LogP contribution in [0.25, 0.3) is 0 Å². The molecule has 0 saturated heterocycles. The topological polar surface area (TPSA) is 51.2 Å². The molecule has 17 heavy (non-hydrogen) atoms. The Hall–Kier alpha value is -1.10. The van der Waals surface area contributed by atoms with Gasteiger partial charge >= 0.3 is 6.09 Å². The second-order valence-electron chi connectivity index (χ2n) is 5.25. The summed E-state index contributed by atoms with van der Waals surface area (Å²) in [6, 6.07) is 0. The molecule has 1 N–H and O–H groups in total. The van der Waals surface area contributed by atoms with Crippen molar-refractivity contribution in [1.82, 2.24) is 4.98 Å². The van der Waals surface area contributed by atoms with Crippen LogP contribution >= 0.6 is 11.3 Å². The fourth-order valence-electron chi connectivity index (χ4n) is 1.39. The Morgan fingerprint density at radius 1 is 1.41 bits per heavy atom. The number of aryl methyl sites for hydroxylation is 1. The Morgan fingerprint density at radius 2 is 2.00 bits per heavy atom. The first-order chi connectivity index (χ1) is 7.69. The summed E-state index contributed by atoms with van der Waals surface area (Å²) in [5, 5.41) is 3.26. The molecule has 0 aromatic carbocycles. The van der Waals surface area contributed by atoms with Gasteiger partial charge in [-0.15, -0.1) is 11.3 Å². The first kappa shape index (κ1) is 14.0. The van der Waals surface area contributed by atoms with Gasteiger partial charge in [0, 0.05) is 4.88 Å². The lowest BCUT2D eigenvalue weighted by atomic mass is 10.1. The second-order valence-corrected chi connectivity index (χ2v) is 6.28. The molecular formula is C12H20N2O2S. The third-order valence-corrected chi connectivity index (χ3v) is 3.34. The average molecular weight is 256 g/mol. The molecule has 0 aliphatic carbocycles. The summed E-state index contributed by atoms with van der Waals surface area (Å²) in [7, 11) is 0. The van der Waals surface area contributed by atoms with Crippen molar-refractivity contribution >= 4 is 22.6 Å². The van der Waals surface area contributed by atoms with Crippen molar-refractivity contribution in [2.45, 2.75) is 53.1 Å². The second kappa shape index (κ2) is 5.04. The fourth-order valence-corrected chi connectivity index (χ4v) is 2.34. The van der Waals surface area contributed by atoms with E-state index in [1.165, 1.54) is 16.2 Å². The third-order valence-electron chi connectivity index (χ3n) is 1.96. The van der Waals surface area contributed by atoms with Gasteiger partial charge in [0.05, 0.1) is 5.69 Å². The molecule has 0 spiro atoms. The van der Waals surface area contributed by atoms with Gasteiger partial charge in [-0.3, -0.25) is 5.32 Å². The highest BCUT2D eigenvalue weighted by Crippen LogP contribution is 2.29. The molecule has 0 bridgehead atoms. The molecule has 1 heterocycles. The fraction of sp³-hybridized carbons (Fsp3) is 0.667. The zero-order valence-electron chi connectivity index (χ0n) is 11.2. The van der Waals surface area contributed by atoms with E-state index >= 15 is 0 Å². The number of nitrogens with zero attached hydrogens (tertiary/aromatic N) is 1. The molecule has 0 fully saturated rings. The molecule has 1 rings (SSSR count). The van der Waals surface area contributed by atoms with Crippen LogP contribution in [0.5, 0.6) is 0 Å². The van der Waals surface area contributed by atoms with Gasteiger partial charge in [0.2, 0.25) is 0 Å². The van der Waals surface area contributed by atoms with E-state index in [4.69, 9.17) is 4.74 Å². The molecule has 0 unspecified atom stereocenters. The maximum atomic E-state index is 11.6. The number of anilines is 1. The minimum Gasteiger partial charge on any atom is -0.444 e. The average Bonchev–Trinajstić information content (AvgIpc) is 2.42. The van der Waals surface area contributed by atoms with Crippen LogP contribution in [0.2, 0.25) is 0 Å². The van der Waals surface area contributed by atoms with Gasteiger partial charge in [-0.05, 0) is 33.6 Å². The van der Waals surface area contributed by atoms with Gasteiger partial charge < -0.3 is 4.74 Å². The summed E-state index contributed by atoms with van der Waals surface area (Å²) in [4.78, 5) is 17.1. The first-order valence-electron chi connectivity index (χ1n) is 5.66. The van der Waals surface area contributed by atoms with Crippen molar-refractivity contribution in [3.8, 4) is 0 Å². The number of hydrogen-bond acceptors (Lipinski definition) is 4. The molecule has 0 radical (unpaired) electrons. The smallest absolute Gasteiger partial charge is 0.413 e. The summed E-state index contributed by atoms with van der Waals surface area (Å²) < 4.78 is 5.17. The molecule has 0 atom stereocenters. The van der Waals surface area contributed by atoms with Gasteiger partial charge in [-0.2, -0.15) is 0 Å². The number of nitrogens with one attached hydrogen (secondary N) is 1. The van der Waals surface area contributed by atoms with E-state index in [1.54, 1.807) is 0 Å². The minimum atomic E-state index is -0.489. The van der Waals surface area contributed by atoms with Gasteiger partial charge in [0.15, 0.2) is 5.13 Å². The van der Waals surface area contributed by atoms with Crippen LogP contribution in [0.4, 0.5) is 9.93 Å². The first-order valence-corrected chi connectivity index (χ1v) is 6.48. The molecule has 96 valence electrons. The maximum absolute atomic E-state index is 11.6. The van der Waals surface area contributed by atoms with E-state index < -0.39 is 11.7 Å². The number of thiazole rings is 1. The molecule has 0 aliphatic rings. The maximum Gasteiger partial charge on any atom is 0.413 e. The van der Waals surface area contributed by atoms with E-state index in [0.717, 1.165) is 5.69 Å². The van der Waals surface area contributed by atoms with Crippen molar-refractivity contribution in [2.24, 2.45) is 0 Å². The van der Waals surface area contributed by atoms with Crippen LogP contribution in [0.3, 0.4) is 0 Å². The number of rotatable bonds is 2. The number of ether oxygens (including phenoxy) is 1. The van der Waals surface area contributed by atoms with E-state index in [2.05, 4.69) is 24.1 Å². The molecular weight excluding hydrogens is 236 g/mol. The van der Waals surface area contributed by atoms with Crippen LogP contribution in [-0.2, 0) is 4.74 Å². The van der Waals surface area contributed by atoms with Gasteiger partial charge in [-0.1, -0.05) is 13.8 Å². The Balaban J connectivity index is 2.70. The molecule has 5 heteroatoms. The monoisotopic (exact) mass is 256 g/mol. The number of carbonyl (C=O) groups excluding carboxylic acids is 1. The number of carbonyl (C=O) groups is 1. The van der Waals surface area contributed by atoms with Crippen molar-refractivity contribution in [1.29, 1.82) is 0 Å². The summed E-state index contributed by atoms with van der Waals surface area (Å²) in [5.74, 6) is 0.418. The van der Waals surface area contributed by atoms with Crippen molar-refractivity contribution in [3.63, 3.8) is 0 Å². The van der Waals surface area contributed by atoms with Gasteiger partial charge in [-0.25, -0.2) is 9.78 Å². The van der Waals surface area contributed by atoms with Crippen LogP contribution in [0.15, 0.2) is 0 Å². The highest BCUT2D eigenvalue weighted by Gasteiger charge is 2.18. The lowest BCUT2D eigenvalue weighted by Crippen LogP contribution is -2.27. The van der Waals surface area contributed by atoms with Crippen LogP contribution in [0.1, 0.15) is 51.1 Å². The lowest BCUT2D eigenvalue weighted by Gasteiger charge is -2.18. The van der Waals surface area contributed by atoms with E-state index in [-0.39, 0.29) is 0 Å². The molecule has 4 nitrogen and oxygen atoms in total. The standard InChI is InChI=1S/C12H20N2O2S/c1-7(2)9-8(3)13-10(17-9)14-11(15)16-12(4,5)6/h7H,1-6H3,(H,13,14,15). The van der Waals surface area contributed by atoms with Crippen LogP contribution in [-0.4, -0.2) is 16.7 Å². The largest absolute Gasteiger partial charge is 0.444 e. The van der Waals surface area contributed by atoms with Crippen molar-refractivity contribution in [2.75, 3.05) is 5.32 Å². The normalized spacial score (nSPS) is 11.7. The van der Waals surface area contributed by atoms with E-state index in [0.29, 0.717) is 11.0 Å². The predicted molar refractivity (Wildman–Crippen MR) is 70.8 cm³/mol. The Bertz CT molecular complexity index is 405. The van der Waals surface area contributed by atoms with Crippen LogP contribution in [0, 0.1) is 6.92 Å². The Kier molecular flexibility index (Phi) is 4.14. The SMILES string of the molecule is Cc1nc(NC(=O)OC(C)(C)C)sc1C(C)C. The Morgan fingerprint density at radius 3 is 2.41 bits per heavy atom. The Labute approximate surface area is 106 Å². The lowest BCUT2D eigenvalue weighted by molar-refractivity contribution is 0.0636. The van der Waals surface area contributed by atoms with Crippen LogP contribution < -0.4 is 5.32 Å². The summed E-state index contributed by atoms with van der Waals surface area (Å²) in [5.41, 5.74) is 0.480.